The van der Waals surface area contributed by atoms with Crippen molar-refractivity contribution in [1.82, 2.24) is 9.88 Å². The normalized spacial score (nSPS) is 23.4. The molecule has 2 heterocycles. The van der Waals surface area contributed by atoms with Crippen molar-refractivity contribution in [3.63, 3.8) is 0 Å². The lowest BCUT2D eigenvalue weighted by atomic mass is 9.80. The first-order valence-corrected chi connectivity index (χ1v) is 7.00. The van der Waals surface area contributed by atoms with Crippen LogP contribution in [0.5, 0.6) is 0 Å². The molecule has 3 nitrogen and oxygen atoms in total. The maximum atomic E-state index is 12.5. The van der Waals surface area contributed by atoms with Gasteiger partial charge in [-0.05, 0) is 11.8 Å². The number of nitrogens with two attached hydrogens (primary N) is 1. The molecule has 1 aliphatic rings. The van der Waals surface area contributed by atoms with Crippen LogP contribution in [0.4, 0.5) is 13.2 Å². The lowest BCUT2D eigenvalue weighted by Crippen LogP contribution is -2.52. The Hall–Kier alpha value is -0.370. The van der Waals surface area contributed by atoms with Crippen LogP contribution in [0.1, 0.15) is 30.2 Å². The number of aromatic nitrogens is 1. The van der Waals surface area contributed by atoms with Gasteiger partial charge in [0.1, 0.15) is 9.88 Å². The maximum Gasteiger partial charge on any atom is 0.427 e. The standard InChI is InChI=1S/C12H18F3N3S.ClH/c1-11(2)7-18(4-3-8(11)16)6-10-17-5-9(19-10)12(13,14)15;/h5,8H,3-4,6-7,16H2,1-2H3;1H. The summed E-state index contributed by atoms with van der Waals surface area (Å²) in [5.41, 5.74) is 6.03. The van der Waals surface area contributed by atoms with Crippen LogP contribution in [0.3, 0.4) is 0 Å². The molecule has 1 atom stereocenters. The molecule has 1 aromatic heterocycles. The van der Waals surface area contributed by atoms with Gasteiger partial charge in [0.05, 0.1) is 12.7 Å². The van der Waals surface area contributed by atoms with E-state index in [0.717, 1.165) is 37.0 Å². The fourth-order valence-corrected chi connectivity index (χ4v) is 3.15. The van der Waals surface area contributed by atoms with Crippen LogP contribution >= 0.6 is 23.7 Å². The number of hydrogen-bond donors (Lipinski definition) is 1. The van der Waals surface area contributed by atoms with Crippen LogP contribution in [0.2, 0.25) is 0 Å². The van der Waals surface area contributed by atoms with E-state index < -0.39 is 11.1 Å². The summed E-state index contributed by atoms with van der Waals surface area (Å²) in [6.07, 6.45) is -2.51. The molecule has 1 saturated heterocycles. The van der Waals surface area contributed by atoms with Crippen molar-refractivity contribution in [1.29, 1.82) is 0 Å². The Labute approximate surface area is 126 Å². The summed E-state index contributed by atoms with van der Waals surface area (Å²) in [6, 6.07) is 0.144. The lowest BCUT2D eigenvalue weighted by Gasteiger charge is -2.42. The zero-order valence-corrected chi connectivity index (χ0v) is 13.0. The zero-order valence-electron chi connectivity index (χ0n) is 11.4. The molecule has 0 aliphatic carbocycles. The molecule has 2 rings (SSSR count). The fourth-order valence-electron chi connectivity index (χ4n) is 2.33. The number of nitrogens with zero attached hydrogens (tertiary/aromatic N) is 2. The molecule has 0 saturated carbocycles. The van der Waals surface area contributed by atoms with Gasteiger partial charge in [0.15, 0.2) is 0 Å². The molecule has 0 aromatic carbocycles. The highest BCUT2D eigenvalue weighted by Gasteiger charge is 2.35. The van der Waals surface area contributed by atoms with Crippen LogP contribution < -0.4 is 5.73 Å². The molecule has 2 N–H and O–H groups in total. The van der Waals surface area contributed by atoms with E-state index in [1.807, 2.05) is 0 Å². The highest BCUT2D eigenvalue weighted by atomic mass is 35.5. The van der Waals surface area contributed by atoms with Gasteiger partial charge in [-0.2, -0.15) is 13.2 Å². The molecular formula is C12H19ClF3N3S. The number of alkyl halides is 3. The molecule has 0 amide bonds. The van der Waals surface area contributed by atoms with E-state index in [-0.39, 0.29) is 23.9 Å². The molecule has 1 fully saturated rings. The molecule has 1 aromatic rings. The molecule has 1 unspecified atom stereocenters. The summed E-state index contributed by atoms with van der Waals surface area (Å²) in [5.74, 6) is 0. The minimum absolute atomic E-state index is 0. The Morgan fingerprint density at radius 3 is 2.65 bits per heavy atom. The topological polar surface area (TPSA) is 42.2 Å². The number of piperidine rings is 1. The van der Waals surface area contributed by atoms with E-state index in [1.165, 1.54) is 0 Å². The molecule has 8 heteroatoms. The third kappa shape index (κ3) is 4.07. The summed E-state index contributed by atoms with van der Waals surface area (Å²) < 4.78 is 37.5. The van der Waals surface area contributed by atoms with Crippen molar-refractivity contribution in [3.8, 4) is 0 Å². The van der Waals surface area contributed by atoms with Crippen LogP contribution in [-0.2, 0) is 12.7 Å². The van der Waals surface area contributed by atoms with Gasteiger partial charge < -0.3 is 5.73 Å². The Morgan fingerprint density at radius 1 is 1.50 bits per heavy atom. The van der Waals surface area contributed by atoms with E-state index >= 15 is 0 Å². The second-order valence-corrected chi connectivity index (χ2v) is 6.83. The van der Waals surface area contributed by atoms with Crippen molar-refractivity contribution in [2.75, 3.05) is 13.1 Å². The smallest absolute Gasteiger partial charge is 0.327 e. The predicted octanol–water partition coefficient (Wildman–Crippen LogP) is 3.14. The third-order valence-electron chi connectivity index (χ3n) is 3.58. The van der Waals surface area contributed by atoms with Gasteiger partial charge in [0.2, 0.25) is 0 Å². The van der Waals surface area contributed by atoms with Crippen LogP contribution in [0.25, 0.3) is 0 Å². The number of thiazole rings is 1. The van der Waals surface area contributed by atoms with Crippen molar-refractivity contribution >= 4 is 23.7 Å². The first-order chi connectivity index (χ1) is 8.68. The molecule has 0 bridgehead atoms. The highest BCUT2D eigenvalue weighted by Crippen LogP contribution is 2.34. The van der Waals surface area contributed by atoms with Crippen molar-refractivity contribution < 1.29 is 13.2 Å². The van der Waals surface area contributed by atoms with E-state index in [4.69, 9.17) is 5.73 Å². The van der Waals surface area contributed by atoms with E-state index in [2.05, 4.69) is 23.7 Å². The monoisotopic (exact) mass is 329 g/mol. The second-order valence-electron chi connectivity index (χ2n) is 5.71. The van der Waals surface area contributed by atoms with Gasteiger partial charge in [-0.15, -0.1) is 23.7 Å². The van der Waals surface area contributed by atoms with Gasteiger partial charge in [0.25, 0.3) is 0 Å². The van der Waals surface area contributed by atoms with Crippen LogP contribution in [0, 0.1) is 5.41 Å². The lowest BCUT2D eigenvalue weighted by molar-refractivity contribution is -0.134. The molecule has 0 spiro atoms. The van der Waals surface area contributed by atoms with E-state index in [1.54, 1.807) is 0 Å². The fraction of sp³-hybridized carbons (Fsp3) is 0.750. The SMILES string of the molecule is CC1(C)CN(Cc2ncc(C(F)(F)F)s2)CCC1N.Cl. The number of rotatable bonds is 2. The third-order valence-corrected chi connectivity index (χ3v) is 4.61. The predicted molar refractivity (Wildman–Crippen MR) is 76.0 cm³/mol. The van der Waals surface area contributed by atoms with Gasteiger partial charge in [-0.3, -0.25) is 4.90 Å². The summed E-state index contributed by atoms with van der Waals surface area (Å²) in [5, 5.41) is 0.513. The van der Waals surface area contributed by atoms with Gasteiger partial charge in [-0.25, -0.2) is 4.98 Å². The van der Waals surface area contributed by atoms with Crippen LogP contribution in [-0.4, -0.2) is 29.0 Å². The van der Waals surface area contributed by atoms with Crippen molar-refractivity contribution in [2.24, 2.45) is 11.1 Å². The Kier molecular flexibility index (Phi) is 5.46. The maximum absolute atomic E-state index is 12.5. The molecular weight excluding hydrogens is 311 g/mol. The van der Waals surface area contributed by atoms with E-state index in [9.17, 15) is 13.2 Å². The average molecular weight is 330 g/mol. The first-order valence-electron chi connectivity index (χ1n) is 6.18. The van der Waals surface area contributed by atoms with Crippen LogP contribution in [0.15, 0.2) is 6.20 Å². The number of likely N-dealkylation sites (tertiary alicyclic amines) is 1. The summed E-state index contributed by atoms with van der Waals surface area (Å²) in [6.45, 7) is 6.25. The number of halogens is 4. The van der Waals surface area contributed by atoms with Crippen molar-refractivity contribution in [2.45, 2.75) is 39.0 Å². The largest absolute Gasteiger partial charge is 0.427 e. The van der Waals surface area contributed by atoms with Gasteiger partial charge in [0, 0.05) is 19.1 Å². The average Bonchev–Trinajstić information content (AvgIpc) is 2.71. The Morgan fingerprint density at radius 2 is 2.15 bits per heavy atom. The van der Waals surface area contributed by atoms with E-state index in [0.29, 0.717) is 11.6 Å². The minimum atomic E-state index is -4.29. The summed E-state index contributed by atoms with van der Waals surface area (Å²) in [7, 11) is 0. The minimum Gasteiger partial charge on any atom is -0.327 e. The quantitative estimate of drug-likeness (QED) is 0.906. The summed E-state index contributed by atoms with van der Waals surface area (Å²) in [4.78, 5) is 5.37. The summed E-state index contributed by atoms with van der Waals surface area (Å²) >= 11 is 0.725. The molecule has 116 valence electrons. The van der Waals surface area contributed by atoms with Gasteiger partial charge >= 0.3 is 6.18 Å². The Balaban J connectivity index is 0.00000200. The Bertz CT molecular complexity index is 447. The second kappa shape index (κ2) is 6.17. The molecule has 0 radical (unpaired) electrons. The zero-order chi connectivity index (χ0) is 14.3. The highest BCUT2D eigenvalue weighted by molar-refractivity contribution is 7.11. The van der Waals surface area contributed by atoms with Crippen molar-refractivity contribution in [3.05, 3.63) is 16.1 Å². The van der Waals surface area contributed by atoms with Gasteiger partial charge in [-0.1, -0.05) is 13.8 Å². The molecule has 1 aliphatic heterocycles. The number of hydrogen-bond acceptors (Lipinski definition) is 4. The first kappa shape index (κ1) is 17.7. The molecule has 20 heavy (non-hydrogen) atoms.